The van der Waals surface area contributed by atoms with Gasteiger partial charge in [0.05, 0.1) is 18.3 Å². The number of para-hydroxylation sites is 2. The van der Waals surface area contributed by atoms with Gasteiger partial charge in [0.15, 0.2) is 0 Å². The fourth-order valence-corrected chi connectivity index (χ4v) is 3.03. The predicted octanol–water partition coefficient (Wildman–Crippen LogP) is 5.26. The first-order valence-electron chi connectivity index (χ1n) is 7.10. The SMILES string of the molecule is Cc1ccsc1C(C)Nc1ccccc1OCC(C)C. The summed E-state index contributed by atoms with van der Waals surface area (Å²) >= 11 is 1.80. The van der Waals surface area contributed by atoms with Gasteiger partial charge in [-0.2, -0.15) is 0 Å². The number of thiophene rings is 1. The number of hydrogen-bond donors (Lipinski definition) is 1. The van der Waals surface area contributed by atoms with E-state index in [0.717, 1.165) is 18.0 Å². The summed E-state index contributed by atoms with van der Waals surface area (Å²) in [6.07, 6.45) is 0. The van der Waals surface area contributed by atoms with Gasteiger partial charge in [0.2, 0.25) is 0 Å². The molecule has 1 unspecified atom stereocenters. The van der Waals surface area contributed by atoms with Crippen LogP contribution < -0.4 is 10.1 Å². The molecule has 2 rings (SSSR count). The molecule has 1 atom stereocenters. The second-order valence-electron chi connectivity index (χ2n) is 5.53. The molecule has 2 aromatic rings. The van der Waals surface area contributed by atoms with Crippen LogP contribution in [0.25, 0.3) is 0 Å². The van der Waals surface area contributed by atoms with Crippen LogP contribution in [0.5, 0.6) is 5.75 Å². The number of benzene rings is 1. The van der Waals surface area contributed by atoms with Crippen LogP contribution in [0.3, 0.4) is 0 Å². The molecule has 0 radical (unpaired) electrons. The average molecular weight is 289 g/mol. The van der Waals surface area contributed by atoms with E-state index in [9.17, 15) is 0 Å². The summed E-state index contributed by atoms with van der Waals surface area (Å²) < 4.78 is 5.89. The lowest BCUT2D eigenvalue weighted by Gasteiger charge is -2.19. The molecular weight excluding hydrogens is 266 g/mol. The highest BCUT2D eigenvalue weighted by Crippen LogP contribution is 2.31. The molecule has 1 heterocycles. The third-order valence-corrected chi connectivity index (χ3v) is 4.33. The van der Waals surface area contributed by atoms with E-state index in [-0.39, 0.29) is 0 Å². The molecule has 0 aliphatic heterocycles. The molecule has 0 spiro atoms. The average Bonchev–Trinajstić information content (AvgIpc) is 2.84. The smallest absolute Gasteiger partial charge is 0.142 e. The highest BCUT2D eigenvalue weighted by atomic mass is 32.1. The summed E-state index contributed by atoms with van der Waals surface area (Å²) in [6.45, 7) is 9.41. The molecule has 2 nitrogen and oxygen atoms in total. The van der Waals surface area contributed by atoms with E-state index in [4.69, 9.17) is 4.74 Å². The molecule has 108 valence electrons. The van der Waals surface area contributed by atoms with Crippen LogP contribution in [0.15, 0.2) is 35.7 Å². The zero-order chi connectivity index (χ0) is 14.5. The van der Waals surface area contributed by atoms with E-state index in [0.29, 0.717) is 12.0 Å². The van der Waals surface area contributed by atoms with Crippen molar-refractivity contribution in [3.63, 3.8) is 0 Å². The quantitative estimate of drug-likeness (QED) is 0.782. The Kier molecular flexibility index (Phi) is 5.07. The van der Waals surface area contributed by atoms with E-state index in [1.165, 1.54) is 10.4 Å². The van der Waals surface area contributed by atoms with Crippen molar-refractivity contribution in [2.45, 2.75) is 33.7 Å². The van der Waals surface area contributed by atoms with Crippen molar-refractivity contribution in [3.8, 4) is 5.75 Å². The minimum atomic E-state index is 0.291. The summed E-state index contributed by atoms with van der Waals surface area (Å²) in [6, 6.07) is 10.6. The third kappa shape index (κ3) is 3.76. The molecule has 0 bridgehead atoms. The predicted molar refractivity (Wildman–Crippen MR) is 87.9 cm³/mol. The van der Waals surface area contributed by atoms with E-state index in [2.05, 4.69) is 50.5 Å². The Morgan fingerprint density at radius 3 is 2.55 bits per heavy atom. The van der Waals surface area contributed by atoms with Crippen molar-refractivity contribution in [2.75, 3.05) is 11.9 Å². The molecule has 0 saturated carbocycles. The van der Waals surface area contributed by atoms with Gasteiger partial charge in [0.1, 0.15) is 5.75 Å². The van der Waals surface area contributed by atoms with Crippen molar-refractivity contribution in [3.05, 3.63) is 46.2 Å². The summed E-state index contributed by atoms with van der Waals surface area (Å²) in [5.74, 6) is 1.46. The van der Waals surface area contributed by atoms with E-state index in [1.54, 1.807) is 11.3 Å². The van der Waals surface area contributed by atoms with E-state index < -0.39 is 0 Å². The van der Waals surface area contributed by atoms with Gasteiger partial charge < -0.3 is 10.1 Å². The first-order valence-corrected chi connectivity index (χ1v) is 7.98. The van der Waals surface area contributed by atoms with E-state index >= 15 is 0 Å². The first-order chi connectivity index (χ1) is 9.58. The first kappa shape index (κ1) is 14.9. The van der Waals surface area contributed by atoms with Crippen LogP contribution in [0, 0.1) is 12.8 Å². The van der Waals surface area contributed by atoms with Crippen molar-refractivity contribution in [1.29, 1.82) is 0 Å². The van der Waals surface area contributed by atoms with Gasteiger partial charge >= 0.3 is 0 Å². The fraction of sp³-hybridized carbons (Fsp3) is 0.412. The summed E-state index contributed by atoms with van der Waals surface area (Å²) in [4.78, 5) is 1.38. The Morgan fingerprint density at radius 1 is 1.15 bits per heavy atom. The van der Waals surface area contributed by atoms with Gasteiger partial charge in [-0.3, -0.25) is 0 Å². The topological polar surface area (TPSA) is 21.3 Å². The monoisotopic (exact) mass is 289 g/mol. The zero-order valence-corrected chi connectivity index (χ0v) is 13.5. The summed E-state index contributed by atoms with van der Waals surface area (Å²) in [7, 11) is 0. The van der Waals surface area contributed by atoms with Gasteiger partial charge in [-0.05, 0) is 48.9 Å². The number of rotatable bonds is 6. The molecule has 1 aromatic heterocycles. The molecule has 1 aromatic carbocycles. The second-order valence-corrected chi connectivity index (χ2v) is 6.48. The molecule has 1 N–H and O–H groups in total. The Morgan fingerprint density at radius 2 is 1.90 bits per heavy atom. The van der Waals surface area contributed by atoms with Gasteiger partial charge in [-0.15, -0.1) is 11.3 Å². The van der Waals surface area contributed by atoms with Crippen LogP contribution in [-0.4, -0.2) is 6.61 Å². The molecule has 0 aliphatic rings. The van der Waals surface area contributed by atoms with Crippen molar-refractivity contribution < 1.29 is 4.74 Å². The van der Waals surface area contributed by atoms with Gasteiger partial charge in [0.25, 0.3) is 0 Å². The van der Waals surface area contributed by atoms with Gasteiger partial charge in [-0.25, -0.2) is 0 Å². The van der Waals surface area contributed by atoms with Crippen LogP contribution >= 0.6 is 11.3 Å². The maximum Gasteiger partial charge on any atom is 0.142 e. The molecular formula is C17H23NOS. The van der Waals surface area contributed by atoms with Crippen LogP contribution in [-0.2, 0) is 0 Å². The maximum atomic E-state index is 5.89. The summed E-state index contributed by atoms with van der Waals surface area (Å²) in [5.41, 5.74) is 2.41. The lowest BCUT2D eigenvalue weighted by Crippen LogP contribution is -2.10. The minimum Gasteiger partial charge on any atom is -0.491 e. The molecule has 0 fully saturated rings. The molecule has 0 amide bonds. The molecule has 20 heavy (non-hydrogen) atoms. The van der Waals surface area contributed by atoms with Crippen LogP contribution in [0.2, 0.25) is 0 Å². The Bertz CT molecular complexity index is 547. The number of anilines is 1. The zero-order valence-electron chi connectivity index (χ0n) is 12.6. The standard InChI is InChI=1S/C17H23NOS/c1-12(2)11-19-16-8-6-5-7-15(16)18-14(4)17-13(3)9-10-20-17/h5-10,12,14,18H,11H2,1-4H3. The Hall–Kier alpha value is -1.48. The van der Waals surface area contributed by atoms with Crippen molar-refractivity contribution >= 4 is 17.0 Å². The maximum absolute atomic E-state index is 5.89. The highest BCUT2D eigenvalue weighted by molar-refractivity contribution is 7.10. The van der Waals surface area contributed by atoms with Crippen LogP contribution in [0.4, 0.5) is 5.69 Å². The van der Waals surface area contributed by atoms with Crippen molar-refractivity contribution in [1.82, 2.24) is 0 Å². The summed E-state index contributed by atoms with van der Waals surface area (Å²) in [5, 5.41) is 5.71. The van der Waals surface area contributed by atoms with Crippen LogP contribution in [0.1, 0.15) is 37.3 Å². The number of aryl methyl sites for hydroxylation is 1. The van der Waals surface area contributed by atoms with Gasteiger partial charge in [-0.1, -0.05) is 26.0 Å². The largest absolute Gasteiger partial charge is 0.491 e. The van der Waals surface area contributed by atoms with E-state index in [1.807, 2.05) is 18.2 Å². The molecule has 3 heteroatoms. The lowest BCUT2D eigenvalue weighted by molar-refractivity contribution is 0.272. The highest BCUT2D eigenvalue weighted by Gasteiger charge is 2.12. The third-order valence-electron chi connectivity index (χ3n) is 3.13. The Balaban J connectivity index is 2.11. The molecule has 0 saturated heterocycles. The molecule has 0 aliphatic carbocycles. The number of hydrogen-bond acceptors (Lipinski definition) is 3. The normalized spacial score (nSPS) is 12.4. The fourth-order valence-electron chi connectivity index (χ4n) is 2.10. The number of nitrogens with one attached hydrogen (secondary N) is 1. The Labute approximate surface area is 125 Å². The van der Waals surface area contributed by atoms with Gasteiger partial charge in [0, 0.05) is 4.88 Å². The lowest BCUT2D eigenvalue weighted by atomic mass is 10.1. The minimum absolute atomic E-state index is 0.291. The second kappa shape index (κ2) is 6.80. The number of ether oxygens (including phenoxy) is 1. The van der Waals surface area contributed by atoms with Crippen molar-refractivity contribution in [2.24, 2.45) is 5.92 Å².